The summed E-state index contributed by atoms with van der Waals surface area (Å²) in [6.45, 7) is 4.38. The van der Waals surface area contributed by atoms with Crippen molar-refractivity contribution in [2.45, 2.75) is 4.21 Å². The van der Waals surface area contributed by atoms with Crippen LogP contribution in [-0.2, 0) is 10.0 Å². The zero-order chi connectivity index (χ0) is 19.1. The van der Waals surface area contributed by atoms with Crippen molar-refractivity contribution < 1.29 is 8.42 Å². The molecule has 2 aromatic rings. The lowest BCUT2D eigenvalue weighted by molar-refractivity contribution is 0.373. The summed E-state index contributed by atoms with van der Waals surface area (Å²) in [7, 11) is -1.66. The van der Waals surface area contributed by atoms with E-state index in [0.717, 1.165) is 32.1 Å². The minimum Gasteiger partial charge on any atom is -0.368 e. The third kappa shape index (κ3) is 5.21. The first-order chi connectivity index (χ1) is 13.1. The Morgan fingerprint density at radius 3 is 2.44 bits per heavy atom. The quantitative estimate of drug-likeness (QED) is 0.430. The first kappa shape index (κ1) is 19.7. The average Bonchev–Trinajstić information content (AvgIpc) is 3.25. The van der Waals surface area contributed by atoms with E-state index < -0.39 is 10.0 Å². The lowest BCUT2D eigenvalue weighted by Gasteiger charge is -2.37. The summed E-state index contributed by atoms with van der Waals surface area (Å²) in [6, 6.07) is 13.7. The fourth-order valence-electron chi connectivity index (χ4n) is 2.99. The molecule has 1 aliphatic heterocycles. The molecule has 0 aliphatic carbocycles. The van der Waals surface area contributed by atoms with Crippen LogP contribution in [0.5, 0.6) is 0 Å². The smallest absolute Gasteiger partial charge is 0.250 e. The van der Waals surface area contributed by atoms with E-state index >= 15 is 0 Å². The van der Waals surface area contributed by atoms with Gasteiger partial charge in [-0.05, 0) is 23.6 Å². The van der Waals surface area contributed by atoms with E-state index in [0.29, 0.717) is 17.3 Å². The minimum absolute atomic E-state index is 0.309. The summed E-state index contributed by atoms with van der Waals surface area (Å²) >= 11 is 1.21. The minimum atomic E-state index is -3.42. The van der Waals surface area contributed by atoms with Gasteiger partial charge in [-0.25, -0.2) is 13.1 Å². The Labute approximate surface area is 164 Å². The molecule has 3 rings (SSSR count). The van der Waals surface area contributed by atoms with Crippen LogP contribution in [0.1, 0.15) is 0 Å². The van der Waals surface area contributed by atoms with Crippen LogP contribution < -0.4 is 14.9 Å². The van der Waals surface area contributed by atoms with Crippen LogP contribution in [0.25, 0.3) is 0 Å². The van der Waals surface area contributed by atoms with Gasteiger partial charge in [0.1, 0.15) is 4.21 Å². The van der Waals surface area contributed by atoms with E-state index in [-0.39, 0.29) is 0 Å². The first-order valence-electron chi connectivity index (χ1n) is 8.89. The third-order valence-corrected chi connectivity index (χ3v) is 7.23. The summed E-state index contributed by atoms with van der Waals surface area (Å²) in [5, 5.41) is 5.00. The molecule has 0 atom stereocenters. The highest BCUT2D eigenvalue weighted by molar-refractivity contribution is 7.91. The molecule has 0 amide bonds. The fraction of sp³-hybridized carbons (Fsp3) is 0.389. The zero-order valence-electron chi connectivity index (χ0n) is 15.3. The largest absolute Gasteiger partial charge is 0.368 e. The number of rotatable bonds is 6. The molecule has 27 heavy (non-hydrogen) atoms. The normalized spacial score (nSPS) is 15.8. The Kier molecular flexibility index (Phi) is 6.70. The molecule has 7 nitrogen and oxygen atoms in total. The van der Waals surface area contributed by atoms with Gasteiger partial charge in [0.2, 0.25) is 10.0 Å². The number of guanidine groups is 1. The van der Waals surface area contributed by atoms with Crippen molar-refractivity contribution in [3.8, 4) is 0 Å². The molecule has 1 saturated heterocycles. The van der Waals surface area contributed by atoms with Crippen molar-refractivity contribution in [3.63, 3.8) is 0 Å². The SMILES string of the molecule is CN=C(NCCNS(=O)(=O)c1cccs1)N1CCN(c2ccccc2)CC1. The number of sulfonamides is 1. The molecule has 2 N–H and O–H groups in total. The van der Waals surface area contributed by atoms with Crippen LogP contribution in [0.15, 0.2) is 57.0 Å². The van der Waals surface area contributed by atoms with Crippen molar-refractivity contribution in [3.05, 3.63) is 47.8 Å². The maximum Gasteiger partial charge on any atom is 0.250 e. The number of nitrogens with zero attached hydrogens (tertiary/aromatic N) is 3. The van der Waals surface area contributed by atoms with Crippen LogP contribution >= 0.6 is 11.3 Å². The predicted molar refractivity (Wildman–Crippen MR) is 111 cm³/mol. The number of nitrogens with one attached hydrogen (secondary N) is 2. The van der Waals surface area contributed by atoms with Crippen molar-refractivity contribution in [2.75, 3.05) is 51.2 Å². The van der Waals surface area contributed by atoms with Crippen LogP contribution in [0.2, 0.25) is 0 Å². The second-order valence-corrected chi connectivity index (χ2v) is 9.05. The Hall–Kier alpha value is -2.10. The molecule has 1 fully saturated rings. The van der Waals surface area contributed by atoms with Crippen molar-refractivity contribution in [1.29, 1.82) is 0 Å². The van der Waals surface area contributed by atoms with E-state index in [1.807, 2.05) is 6.07 Å². The van der Waals surface area contributed by atoms with E-state index in [1.165, 1.54) is 17.0 Å². The number of thiophene rings is 1. The monoisotopic (exact) mass is 407 g/mol. The Morgan fingerprint density at radius 1 is 1.07 bits per heavy atom. The zero-order valence-corrected chi connectivity index (χ0v) is 17.0. The molecule has 0 radical (unpaired) electrons. The topological polar surface area (TPSA) is 77.0 Å². The molecule has 0 bridgehead atoms. The molecule has 2 heterocycles. The van der Waals surface area contributed by atoms with E-state index in [2.05, 4.69) is 49.1 Å². The molecular weight excluding hydrogens is 382 g/mol. The summed E-state index contributed by atoms with van der Waals surface area (Å²) in [5.41, 5.74) is 1.24. The van der Waals surface area contributed by atoms with Crippen molar-refractivity contribution >= 4 is 33.0 Å². The maximum absolute atomic E-state index is 12.1. The van der Waals surface area contributed by atoms with Gasteiger partial charge in [-0.2, -0.15) is 0 Å². The highest BCUT2D eigenvalue weighted by Crippen LogP contribution is 2.16. The van der Waals surface area contributed by atoms with Gasteiger partial charge in [-0.1, -0.05) is 24.3 Å². The number of aliphatic imine (C=N–C) groups is 1. The van der Waals surface area contributed by atoms with Crippen molar-refractivity contribution in [1.82, 2.24) is 14.9 Å². The summed E-state index contributed by atoms with van der Waals surface area (Å²) in [5.74, 6) is 0.804. The van der Waals surface area contributed by atoms with Crippen LogP contribution in [0.4, 0.5) is 5.69 Å². The lowest BCUT2D eigenvalue weighted by atomic mass is 10.2. The molecule has 0 saturated carbocycles. The molecule has 1 aromatic carbocycles. The van der Waals surface area contributed by atoms with Gasteiger partial charge in [0.15, 0.2) is 5.96 Å². The highest BCUT2D eigenvalue weighted by Gasteiger charge is 2.20. The van der Waals surface area contributed by atoms with Gasteiger partial charge in [-0.3, -0.25) is 4.99 Å². The molecule has 1 aliphatic rings. The Morgan fingerprint density at radius 2 is 1.81 bits per heavy atom. The van der Waals surface area contributed by atoms with Gasteiger partial charge in [0.25, 0.3) is 0 Å². The van der Waals surface area contributed by atoms with Gasteiger partial charge in [-0.15, -0.1) is 11.3 Å². The molecule has 1 aromatic heterocycles. The fourth-order valence-corrected chi connectivity index (χ4v) is 5.06. The number of piperazine rings is 1. The van der Waals surface area contributed by atoms with Crippen molar-refractivity contribution in [2.24, 2.45) is 4.99 Å². The highest BCUT2D eigenvalue weighted by atomic mass is 32.2. The van der Waals surface area contributed by atoms with Crippen LogP contribution in [-0.4, -0.2) is 65.6 Å². The number of hydrogen-bond acceptors (Lipinski definition) is 5. The molecule has 0 unspecified atom stereocenters. The van der Waals surface area contributed by atoms with Crippen LogP contribution in [0, 0.1) is 0 Å². The molecule has 0 spiro atoms. The summed E-state index contributed by atoms with van der Waals surface area (Å²) in [4.78, 5) is 8.89. The van der Waals surface area contributed by atoms with E-state index in [9.17, 15) is 8.42 Å². The van der Waals surface area contributed by atoms with Gasteiger partial charge < -0.3 is 15.1 Å². The van der Waals surface area contributed by atoms with Gasteiger partial charge in [0.05, 0.1) is 0 Å². The predicted octanol–water partition coefficient (Wildman–Crippen LogP) is 1.42. The number of hydrogen-bond donors (Lipinski definition) is 2. The molecule has 146 valence electrons. The number of benzene rings is 1. The van der Waals surface area contributed by atoms with Gasteiger partial charge >= 0.3 is 0 Å². The lowest BCUT2D eigenvalue weighted by Crippen LogP contribution is -2.53. The number of anilines is 1. The second kappa shape index (κ2) is 9.20. The Bertz CT molecular complexity index is 830. The molecular formula is C18H25N5O2S2. The second-order valence-electron chi connectivity index (χ2n) is 6.11. The van der Waals surface area contributed by atoms with E-state index in [1.54, 1.807) is 24.6 Å². The average molecular weight is 408 g/mol. The Balaban J connectivity index is 1.44. The van der Waals surface area contributed by atoms with E-state index in [4.69, 9.17) is 0 Å². The summed E-state index contributed by atoms with van der Waals surface area (Å²) < 4.78 is 27.2. The summed E-state index contributed by atoms with van der Waals surface area (Å²) in [6.07, 6.45) is 0. The third-order valence-electron chi connectivity index (χ3n) is 4.37. The van der Waals surface area contributed by atoms with Crippen LogP contribution in [0.3, 0.4) is 0 Å². The first-order valence-corrected chi connectivity index (χ1v) is 11.3. The standard InChI is InChI=1S/C18H25N5O2S2/c1-19-18(20-9-10-21-27(24,25)17-8-5-15-26-17)23-13-11-22(12-14-23)16-6-3-2-4-7-16/h2-8,15,21H,9-14H2,1H3,(H,19,20). The maximum atomic E-state index is 12.1. The van der Waals surface area contributed by atoms with Gasteiger partial charge in [0, 0.05) is 52.0 Å². The number of para-hydroxylation sites is 1. The molecule has 9 heteroatoms.